The van der Waals surface area contributed by atoms with Crippen LogP contribution in [0.2, 0.25) is 0 Å². The molecule has 0 spiro atoms. The lowest BCUT2D eigenvalue weighted by molar-refractivity contribution is -0.125. The van der Waals surface area contributed by atoms with E-state index in [-0.39, 0.29) is 36.0 Å². The van der Waals surface area contributed by atoms with Crippen molar-refractivity contribution in [2.24, 2.45) is 5.92 Å². The molecule has 3 atom stereocenters. The molecular formula is C23H23FN2O4. The van der Waals surface area contributed by atoms with Crippen LogP contribution >= 0.6 is 0 Å². The average Bonchev–Trinajstić information content (AvgIpc) is 3.02. The topological polar surface area (TPSA) is 87.6 Å². The number of halogens is 1. The highest BCUT2D eigenvalue weighted by atomic mass is 19.1. The number of nitrogens with zero attached hydrogens (tertiary/aromatic N) is 2. The van der Waals surface area contributed by atoms with Crippen LogP contribution in [0.4, 0.5) is 9.18 Å². The molecular weight excluding hydrogens is 387 g/mol. The second-order valence-corrected chi connectivity index (χ2v) is 8.12. The Hall–Kier alpha value is -3.09. The van der Waals surface area contributed by atoms with Gasteiger partial charge in [0.05, 0.1) is 5.92 Å². The fourth-order valence-electron chi connectivity index (χ4n) is 4.89. The number of aromatic nitrogens is 1. The number of Topliss-reactive ketones (excluding diaryl/α,β-unsaturated/α-hetero) is 2. The minimum absolute atomic E-state index is 0.0192. The van der Waals surface area contributed by atoms with Gasteiger partial charge in [-0.25, -0.2) is 9.18 Å². The van der Waals surface area contributed by atoms with Crippen molar-refractivity contribution >= 4 is 17.7 Å². The molecule has 1 N–H and O–H groups in total. The summed E-state index contributed by atoms with van der Waals surface area (Å²) in [7, 11) is 0. The maximum Gasteiger partial charge on any atom is 0.407 e. The largest absolute Gasteiger partial charge is 0.465 e. The number of rotatable bonds is 6. The molecule has 2 aliphatic heterocycles. The minimum atomic E-state index is -0.922. The zero-order valence-electron chi connectivity index (χ0n) is 16.4. The lowest BCUT2D eigenvalue weighted by Crippen LogP contribution is -2.47. The van der Waals surface area contributed by atoms with Crippen LogP contribution in [0.5, 0.6) is 0 Å². The number of carbonyl (C=O) groups excluding carboxylic acids is 2. The third-order valence-electron chi connectivity index (χ3n) is 6.37. The van der Waals surface area contributed by atoms with Crippen molar-refractivity contribution in [1.82, 2.24) is 9.88 Å². The molecule has 3 heterocycles. The molecule has 4 rings (SSSR count). The Morgan fingerprint density at radius 3 is 2.20 bits per heavy atom. The number of hydrogen-bond acceptors (Lipinski definition) is 4. The Morgan fingerprint density at radius 1 is 1.03 bits per heavy atom. The van der Waals surface area contributed by atoms with Crippen LogP contribution in [-0.2, 0) is 4.79 Å². The van der Waals surface area contributed by atoms with Crippen LogP contribution in [0, 0.1) is 11.7 Å². The van der Waals surface area contributed by atoms with Crippen LogP contribution in [0.25, 0.3) is 0 Å². The molecule has 2 saturated heterocycles. The fourth-order valence-corrected chi connectivity index (χ4v) is 4.89. The van der Waals surface area contributed by atoms with E-state index in [9.17, 15) is 23.9 Å². The summed E-state index contributed by atoms with van der Waals surface area (Å²) in [6, 6.07) is 8.52. The summed E-state index contributed by atoms with van der Waals surface area (Å²) in [5.41, 5.74) is 1.05. The second kappa shape index (κ2) is 8.34. The van der Waals surface area contributed by atoms with Gasteiger partial charge in [0, 0.05) is 42.4 Å². The number of fused-ring (bicyclic) bond motifs is 2. The first-order valence-corrected chi connectivity index (χ1v) is 10.2. The highest BCUT2D eigenvalue weighted by Crippen LogP contribution is 2.40. The van der Waals surface area contributed by atoms with E-state index in [0.717, 1.165) is 12.8 Å². The summed E-state index contributed by atoms with van der Waals surface area (Å²) in [5.74, 6) is -1.61. The molecule has 2 aromatic rings. The molecule has 3 unspecified atom stereocenters. The predicted molar refractivity (Wildman–Crippen MR) is 107 cm³/mol. The number of ketones is 2. The van der Waals surface area contributed by atoms with Gasteiger partial charge in [-0.05, 0) is 67.6 Å². The Morgan fingerprint density at radius 2 is 1.63 bits per heavy atom. The van der Waals surface area contributed by atoms with Crippen LogP contribution < -0.4 is 0 Å². The van der Waals surface area contributed by atoms with E-state index in [4.69, 9.17) is 0 Å². The van der Waals surface area contributed by atoms with Gasteiger partial charge < -0.3 is 10.0 Å². The first kappa shape index (κ1) is 20.2. The van der Waals surface area contributed by atoms with E-state index in [0.29, 0.717) is 24.0 Å². The van der Waals surface area contributed by atoms with Crippen LogP contribution in [0.3, 0.4) is 0 Å². The number of carboxylic acid groups (broad SMARTS) is 1. The predicted octanol–water partition coefficient (Wildman–Crippen LogP) is 4.07. The first-order valence-electron chi connectivity index (χ1n) is 10.2. The van der Waals surface area contributed by atoms with E-state index >= 15 is 0 Å². The highest BCUT2D eigenvalue weighted by Gasteiger charge is 2.45. The lowest BCUT2D eigenvalue weighted by atomic mass is 9.80. The highest BCUT2D eigenvalue weighted by molar-refractivity contribution is 6.03. The van der Waals surface area contributed by atoms with Crippen molar-refractivity contribution < 1.29 is 23.9 Å². The Balaban J connectivity index is 1.54. The summed E-state index contributed by atoms with van der Waals surface area (Å²) in [6.07, 6.45) is 4.86. The third-order valence-corrected chi connectivity index (χ3v) is 6.37. The summed E-state index contributed by atoms with van der Waals surface area (Å²) >= 11 is 0. The smallest absolute Gasteiger partial charge is 0.407 e. The summed E-state index contributed by atoms with van der Waals surface area (Å²) in [6.45, 7) is 0. The van der Waals surface area contributed by atoms with Gasteiger partial charge in [-0.15, -0.1) is 0 Å². The maximum atomic E-state index is 13.3. The lowest BCUT2D eigenvalue weighted by Gasteiger charge is -2.36. The van der Waals surface area contributed by atoms with E-state index in [1.54, 1.807) is 24.5 Å². The van der Waals surface area contributed by atoms with Crippen molar-refractivity contribution in [2.75, 3.05) is 0 Å². The van der Waals surface area contributed by atoms with E-state index in [2.05, 4.69) is 4.98 Å². The maximum absolute atomic E-state index is 13.3. The number of carbonyl (C=O) groups is 3. The number of pyridine rings is 1. The molecule has 1 aromatic carbocycles. The number of hydrogen-bond donors (Lipinski definition) is 1. The van der Waals surface area contributed by atoms with Gasteiger partial charge in [0.2, 0.25) is 0 Å². The van der Waals surface area contributed by atoms with Gasteiger partial charge in [-0.2, -0.15) is 0 Å². The Bertz CT molecular complexity index is 933. The first-order chi connectivity index (χ1) is 14.4. The van der Waals surface area contributed by atoms with Gasteiger partial charge in [0.25, 0.3) is 0 Å². The normalized spacial score (nSPS) is 23.8. The molecule has 1 aromatic heterocycles. The van der Waals surface area contributed by atoms with Crippen molar-refractivity contribution in [3.63, 3.8) is 0 Å². The molecule has 1 amide bonds. The summed E-state index contributed by atoms with van der Waals surface area (Å²) in [4.78, 5) is 43.3. The second-order valence-electron chi connectivity index (χ2n) is 8.12. The van der Waals surface area contributed by atoms with Crippen LogP contribution in [-0.4, -0.2) is 44.7 Å². The zero-order chi connectivity index (χ0) is 21.3. The van der Waals surface area contributed by atoms with Crippen LogP contribution in [0.15, 0.2) is 48.8 Å². The molecule has 6 nitrogen and oxygen atoms in total. The number of amides is 1. The van der Waals surface area contributed by atoms with Gasteiger partial charge in [0.1, 0.15) is 11.6 Å². The molecule has 0 radical (unpaired) electrons. The monoisotopic (exact) mass is 410 g/mol. The van der Waals surface area contributed by atoms with Crippen molar-refractivity contribution in [3.8, 4) is 0 Å². The molecule has 2 aliphatic rings. The quantitative estimate of drug-likeness (QED) is 0.726. The zero-order valence-corrected chi connectivity index (χ0v) is 16.4. The molecule has 7 heteroatoms. The van der Waals surface area contributed by atoms with Gasteiger partial charge >= 0.3 is 6.09 Å². The molecule has 156 valence electrons. The van der Waals surface area contributed by atoms with Gasteiger partial charge in [-0.3, -0.25) is 14.6 Å². The SMILES string of the molecule is O=C(CC(C(=O)c1ccc(F)cc1)c1ccncc1)C1CC2CCC(C1)N2C(=O)O. The van der Waals surface area contributed by atoms with Crippen molar-refractivity contribution in [1.29, 1.82) is 0 Å². The number of benzene rings is 1. The third kappa shape index (κ3) is 3.97. The molecule has 2 fully saturated rings. The molecule has 0 saturated carbocycles. The van der Waals surface area contributed by atoms with E-state index in [1.165, 1.54) is 29.2 Å². The van der Waals surface area contributed by atoms with Crippen LogP contribution in [0.1, 0.15) is 53.9 Å². The van der Waals surface area contributed by atoms with Gasteiger partial charge in [-0.1, -0.05) is 0 Å². The Kier molecular flexibility index (Phi) is 5.61. The average molecular weight is 410 g/mol. The minimum Gasteiger partial charge on any atom is -0.465 e. The summed E-state index contributed by atoms with van der Waals surface area (Å²) < 4.78 is 13.3. The van der Waals surface area contributed by atoms with Gasteiger partial charge in [0.15, 0.2) is 5.78 Å². The van der Waals surface area contributed by atoms with Crippen molar-refractivity contribution in [3.05, 3.63) is 65.7 Å². The Labute approximate surface area is 173 Å². The standard InChI is InChI=1S/C23H23FN2O4/c24-17-3-1-15(2-4-17)22(28)20(14-7-9-25-10-8-14)13-21(27)16-11-18-5-6-19(12-16)26(18)23(29)30/h1-4,7-10,16,18-20H,5-6,11-13H2,(H,29,30). The van der Waals surface area contributed by atoms with Crippen molar-refractivity contribution in [2.45, 2.75) is 50.1 Å². The van der Waals surface area contributed by atoms with E-state index in [1.807, 2.05) is 0 Å². The number of piperidine rings is 1. The molecule has 30 heavy (non-hydrogen) atoms. The van der Waals surface area contributed by atoms with E-state index < -0.39 is 17.8 Å². The molecule has 2 bridgehead atoms. The fraction of sp³-hybridized carbons (Fsp3) is 0.391. The molecule has 0 aliphatic carbocycles. The summed E-state index contributed by atoms with van der Waals surface area (Å²) in [5, 5.41) is 9.42.